The van der Waals surface area contributed by atoms with E-state index in [0.29, 0.717) is 12.4 Å². The lowest BCUT2D eigenvalue weighted by Gasteiger charge is -2.02. The lowest BCUT2D eigenvalue weighted by Crippen LogP contribution is -2.06. The summed E-state index contributed by atoms with van der Waals surface area (Å²) in [7, 11) is 0. The molecule has 0 amide bonds. The van der Waals surface area contributed by atoms with Crippen LogP contribution in [0.3, 0.4) is 0 Å². The second-order valence-corrected chi connectivity index (χ2v) is 4.15. The highest BCUT2D eigenvalue weighted by Gasteiger charge is 2.11. The molecule has 3 aromatic rings. The van der Waals surface area contributed by atoms with Crippen LogP contribution < -0.4 is 5.73 Å². The molecule has 6 nitrogen and oxygen atoms in total. The van der Waals surface area contributed by atoms with Crippen LogP contribution in [0.2, 0.25) is 0 Å². The van der Waals surface area contributed by atoms with E-state index in [0.717, 1.165) is 29.0 Å². The molecule has 0 saturated heterocycles. The molecule has 19 heavy (non-hydrogen) atoms. The zero-order valence-corrected chi connectivity index (χ0v) is 10.6. The number of hydrogen-bond acceptors (Lipinski definition) is 5. The number of pyridine rings is 1. The third kappa shape index (κ3) is 1.96. The highest BCUT2D eigenvalue weighted by molar-refractivity contribution is 5.57. The van der Waals surface area contributed by atoms with Crippen LogP contribution in [0, 0.1) is 0 Å². The van der Waals surface area contributed by atoms with Crippen LogP contribution in [0.25, 0.3) is 16.9 Å². The standard InChI is InChI=1S/C13H14N6/c1-2-10-11-8-16-13(9-3-5-15-6-4-9)18-19(11)12(7-14)17-10/h3-6,8H,2,7,14H2,1H3. The van der Waals surface area contributed by atoms with Crippen molar-refractivity contribution in [2.24, 2.45) is 5.73 Å². The van der Waals surface area contributed by atoms with Crippen molar-refractivity contribution in [3.05, 3.63) is 42.2 Å². The van der Waals surface area contributed by atoms with Crippen molar-refractivity contribution in [1.82, 2.24) is 24.6 Å². The normalized spacial score (nSPS) is 11.1. The monoisotopic (exact) mass is 254 g/mol. The molecular weight excluding hydrogens is 240 g/mol. The van der Waals surface area contributed by atoms with Gasteiger partial charge in [-0.1, -0.05) is 6.92 Å². The molecule has 3 heterocycles. The van der Waals surface area contributed by atoms with Gasteiger partial charge in [-0.15, -0.1) is 5.10 Å². The van der Waals surface area contributed by atoms with Crippen molar-refractivity contribution in [2.75, 3.05) is 0 Å². The zero-order valence-electron chi connectivity index (χ0n) is 10.6. The fraction of sp³-hybridized carbons (Fsp3) is 0.231. The summed E-state index contributed by atoms with van der Waals surface area (Å²) in [5.41, 5.74) is 8.53. The fourth-order valence-corrected chi connectivity index (χ4v) is 2.03. The number of fused-ring (bicyclic) bond motifs is 1. The van der Waals surface area contributed by atoms with Gasteiger partial charge in [0, 0.05) is 18.0 Å². The lowest BCUT2D eigenvalue weighted by atomic mass is 10.2. The lowest BCUT2D eigenvalue weighted by molar-refractivity contribution is 0.802. The quantitative estimate of drug-likeness (QED) is 0.759. The molecule has 0 aliphatic rings. The zero-order chi connectivity index (χ0) is 13.2. The fourth-order valence-electron chi connectivity index (χ4n) is 2.03. The van der Waals surface area contributed by atoms with Crippen LogP contribution in [-0.2, 0) is 13.0 Å². The molecule has 0 spiro atoms. The number of nitrogens with two attached hydrogens (primary N) is 1. The Kier molecular flexibility index (Phi) is 2.92. The van der Waals surface area contributed by atoms with E-state index in [1.54, 1.807) is 23.1 Å². The third-order valence-corrected chi connectivity index (χ3v) is 2.99. The maximum absolute atomic E-state index is 5.72. The topological polar surface area (TPSA) is 82.0 Å². The van der Waals surface area contributed by atoms with Crippen molar-refractivity contribution in [2.45, 2.75) is 19.9 Å². The molecule has 0 aliphatic carbocycles. The molecule has 0 unspecified atom stereocenters. The maximum atomic E-state index is 5.72. The summed E-state index contributed by atoms with van der Waals surface area (Å²) in [6.07, 6.45) is 6.07. The Labute approximate surface area is 110 Å². The minimum absolute atomic E-state index is 0.355. The van der Waals surface area contributed by atoms with E-state index in [1.807, 2.05) is 12.1 Å². The summed E-state index contributed by atoms with van der Waals surface area (Å²) < 4.78 is 1.78. The highest BCUT2D eigenvalue weighted by atomic mass is 15.3. The van der Waals surface area contributed by atoms with Crippen LogP contribution in [0.1, 0.15) is 18.4 Å². The Morgan fingerprint density at radius 2 is 2.05 bits per heavy atom. The predicted octanol–water partition coefficient (Wildman–Crippen LogP) is 1.21. The molecule has 2 N–H and O–H groups in total. The molecule has 96 valence electrons. The smallest absolute Gasteiger partial charge is 0.180 e. The van der Waals surface area contributed by atoms with Crippen LogP contribution in [0.4, 0.5) is 0 Å². The molecule has 0 saturated carbocycles. The van der Waals surface area contributed by atoms with E-state index in [4.69, 9.17) is 5.73 Å². The van der Waals surface area contributed by atoms with E-state index in [2.05, 4.69) is 27.0 Å². The Morgan fingerprint density at radius 1 is 1.26 bits per heavy atom. The second kappa shape index (κ2) is 4.74. The molecule has 0 fully saturated rings. The first kappa shape index (κ1) is 11.7. The van der Waals surface area contributed by atoms with Gasteiger partial charge >= 0.3 is 0 Å². The second-order valence-electron chi connectivity index (χ2n) is 4.15. The van der Waals surface area contributed by atoms with E-state index < -0.39 is 0 Å². The van der Waals surface area contributed by atoms with Gasteiger partial charge in [0.15, 0.2) is 5.82 Å². The highest BCUT2D eigenvalue weighted by Crippen LogP contribution is 2.16. The molecule has 0 bridgehead atoms. The van der Waals surface area contributed by atoms with Crippen LogP contribution in [0.15, 0.2) is 30.7 Å². The van der Waals surface area contributed by atoms with Crippen molar-refractivity contribution >= 4 is 5.52 Å². The van der Waals surface area contributed by atoms with Crippen LogP contribution in [-0.4, -0.2) is 24.6 Å². The summed E-state index contributed by atoms with van der Waals surface area (Å²) in [5, 5.41) is 4.52. The molecule has 3 aromatic heterocycles. The number of rotatable bonds is 3. The average molecular weight is 254 g/mol. The van der Waals surface area contributed by atoms with Gasteiger partial charge in [0.1, 0.15) is 11.3 Å². The largest absolute Gasteiger partial charge is 0.324 e. The Hall–Kier alpha value is -2.34. The van der Waals surface area contributed by atoms with Crippen molar-refractivity contribution < 1.29 is 0 Å². The van der Waals surface area contributed by atoms with Crippen molar-refractivity contribution in [3.8, 4) is 11.4 Å². The Morgan fingerprint density at radius 3 is 2.74 bits per heavy atom. The van der Waals surface area contributed by atoms with Gasteiger partial charge < -0.3 is 5.73 Å². The van der Waals surface area contributed by atoms with E-state index >= 15 is 0 Å². The van der Waals surface area contributed by atoms with Gasteiger partial charge in [0.2, 0.25) is 0 Å². The number of hydrogen-bond donors (Lipinski definition) is 1. The van der Waals surface area contributed by atoms with E-state index in [1.165, 1.54) is 0 Å². The van der Waals surface area contributed by atoms with Gasteiger partial charge in [-0.2, -0.15) is 0 Å². The molecule has 3 rings (SSSR count). The summed E-state index contributed by atoms with van der Waals surface area (Å²) in [6, 6.07) is 3.75. The van der Waals surface area contributed by atoms with Gasteiger partial charge in [-0.05, 0) is 18.6 Å². The maximum Gasteiger partial charge on any atom is 0.180 e. The van der Waals surface area contributed by atoms with Gasteiger partial charge in [-0.3, -0.25) is 4.98 Å². The minimum Gasteiger partial charge on any atom is -0.324 e. The number of nitrogens with zero attached hydrogens (tertiary/aromatic N) is 5. The molecule has 0 radical (unpaired) electrons. The minimum atomic E-state index is 0.355. The summed E-state index contributed by atoms with van der Waals surface area (Å²) in [5.74, 6) is 1.40. The molecule has 0 aliphatic heterocycles. The van der Waals surface area contributed by atoms with Crippen molar-refractivity contribution in [3.63, 3.8) is 0 Å². The van der Waals surface area contributed by atoms with Crippen LogP contribution >= 0.6 is 0 Å². The number of imidazole rings is 1. The van der Waals surface area contributed by atoms with E-state index in [-0.39, 0.29) is 0 Å². The van der Waals surface area contributed by atoms with Crippen LogP contribution in [0.5, 0.6) is 0 Å². The van der Waals surface area contributed by atoms with Gasteiger partial charge in [0.05, 0.1) is 18.4 Å². The first-order valence-electron chi connectivity index (χ1n) is 6.17. The SMILES string of the molecule is CCc1nc(CN)n2nc(-c3ccncc3)ncc12. The van der Waals surface area contributed by atoms with Gasteiger partial charge in [-0.25, -0.2) is 14.5 Å². The number of aryl methyl sites for hydroxylation is 1. The third-order valence-electron chi connectivity index (χ3n) is 2.99. The number of aromatic nitrogens is 5. The van der Waals surface area contributed by atoms with Crippen molar-refractivity contribution in [1.29, 1.82) is 0 Å². The molecule has 0 atom stereocenters. The summed E-state index contributed by atoms with van der Waals surface area (Å²) in [6.45, 7) is 2.41. The first-order valence-corrected chi connectivity index (χ1v) is 6.17. The summed E-state index contributed by atoms with van der Waals surface area (Å²) in [4.78, 5) is 12.9. The van der Waals surface area contributed by atoms with Gasteiger partial charge in [0.25, 0.3) is 0 Å². The average Bonchev–Trinajstić information content (AvgIpc) is 2.85. The summed E-state index contributed by atoms with van der Waals surface area (Å²) >= 11 is 0. The molecule has 0 aromatic carbocycles. The first-order chi connectivity index (χ1) is 9.33. The Balaban J connectivity index is 2.20. The van der Waals surface area contributed by atoms with E-state index in [9.17, 15) is 0 Å². The molecule has 6 heteroatoms. The predicted molar refractivity (Wildman–Crippen MR) is 71.3 cm³/mol. The molecular formula is C13H14N6. The Bertz CT molecular complexity index is 704.